The van der Waals surface area contributed by atoms with Crippen LogP contribution in [0.25, 0.3) is 11.0 Å². The Balaban J connectivity index is 1.67. The summed E-state index contributed by atoms with van der Waals surface area (Å²) in [5.41, 5.74) is 1.23. The molecule has 0 unspecified atom stereocenters. The second-order valence-electron chi connectivity index (χ2n) is 11.5. The van der Waals surface area contributed by atoms with Crippen molar-refractivity contribution in [2.75, 3.05) is 147 Å². The highest BCUT2D eigenvalue weighted by molar-refractivity contribution is 5.96. The van der Waals surface area contributed by atoms with E-state index in [1.54, 1.807) is 45.9 Å². The highest BCUT2D eigenvalue weighted by Crippen LogP contribution is 2.34. The molecule has 17 nitrogen and oxygen atoms in total. The first-order valence-corrected chi connectivity index (χ1v) is 16.0. The molecule has 1 amide bonds. The van der Waals surface area contributed by atoms with Gasteiger partial charge in [-0.25, -0.2) is 15.0 Å². The largest absolute Gasteiger partial charge is 0.383 e. The fourth-order valence-electron chi connectivity index (χ4n) is 5.59. The van der Waals surface area contributed by atoms with Gasteiger partial charge in [0, 0.05) is 113 Å². The number of nitrogens with zero attached hydrogens (tertiary/aromatic N) is 12. The van der Waals surface area contributed by atoms with E-state index in [-0.39, 0.29) is 12.5 Å². The number of fused-ring (bicyclic) bond motifs is 1. The van der Waals surface area contributed by atoms with Gasteiger partial charge in [0.1, 0.15) is 11.0 Å². The number of methoxy groups -OCH3 is 3. The highest BCUT2D eigenvalue weighted by atomic mass is 16.7. The SMILES string of the molecule is COCCN(CCOC)c1nc(N2CCN(C)C(=O)C2)c2nc(N(CCOC)CCn3ccnc3)nc(N3CCN(OC)CC3)c2n1. The molecule has 2 aliphatic heterocycles. The number of hydrogen-bond donors (Lipinski definition) is 0. The Morgan fingerprint density at radius 3 is 1.79 bits per heavy atom. The number of hydroxylamine groups is 2. The third-order valence-electron chi connectivity index (χ3n) is 8.49. The Morgan fingerprint density at radius 2 is 1.28 bits per heavy atom. The summed E-state index contributed by atoms with van der Waals surface area (Å²) in [7, 11) is 8.55. The van der Waals surface area contributed by atoms with Crippen LogP contribution in [-0.4, -0.2) is 173 Å². The van der Waals surface area contributed by atoms with E-state index in [1.165, 1.54) is 0 Å². The lowest BCUT2D eigenvalue weighted by Crippen LogP contribution is -2.49. The number of anilines is 4. The molecule has 2 saturated heterocycles. The van der Waals surface area contributed by atoms with Gasteiger partial charge >= 0.3 is 0 Å². The van der Waals surface area contributed by atoms with Crippen LogP contribution in [0.15, 0.2) is 18.7 Å². The first-order valence-electron chi connectivity index (χ1n) is 16.0. The van der Waals surface area contributed by atoms with Gasteiger partial charge in [0.05, 0.1) is 39.8 Å². The van der Waals surface area contributed by atoms with Crippen LogP contribution < -0.4 is 19.6 Å². The van der Waals surface area contributed by atoms with Gasteiger partial charge in [-0.1, -0.05) is 0 Å². The fraction of sp³-hybridized carbons (Fsp3) is 0.667. The van der Waals surface area contributed by atoms with Crippen LogP contribution in [0.5, 0.6) is 0 Å². The molecule has 0 aliphatic carbocycles. The van der Waals surface area contributed by atoms with Gasteiger partial charge in [-0.3, -0.25) is 4.79 Å². The Hall–Kier alpha value is -3.90. The summed E-state index contributed by atoms with van der Waals surface area (Å²) < 4.78 is 18.4. The van der Waals surface area contributed by atoms with E-state index in [1.807, 2.05) is 32.7 Å². The molecule has 0 aromatic carbocycles. The number of piperazine rings is 2. The summed E-state index contributed by atoms with van der Waals surface area (Å²) >= 11 is 0. The lowest BCUT2D eigenvalue weighted by atomic mass is 10.2. The van der Waals surface area contributed by atoms with Crippen molar-refractivity contribution in [3.8, 4) is 0 Å². The summed E-state index contributed by atoms with van der Waals surface area (Å²) in [6.07, 6.45) is 5.51. The third kappa shape index (κ3) is 8.53. The van der Waals surface area contributed by atoms with E-state index in [0.29, 0.717) is 121 Å². The Labute approximate surface area is 275 Å². The molecular formula is C30H48N12O5. The summed E-state index contributed by atoms with van der Waals surface area (Å²) in [6, 6.07) is 0. The van der Waals surface area contributed by atoms with Crippen molar-refractivity contribution in [2.45, 2.75) is 6.54 Å². The number of hydrogen-bond acceptors (Lipinski definition) is 15. The number of imidazole rings is 1. The molecule has 0 atom stereocenters. The first-order chi connectivity index (χ1) is 22.9. The van der Waals surface area contributed by atoms with E-state index in [0.717, 1.165) is 5.82 Å². The molecule has 2 aliphatic rings. The predicted molar refractivity (Wildman–Crippen MR) is 178 cm³/mol. The molecule has 3 aromatic heterocycles. The van der Waals surface area contributed by atoms with Crippen molar-refractivity contribution in [1.29, 1.82) is 0 Å². The van der Waals surface area contributed by atoms with Gasteiger partial charge in [0.15, 0.2) is 11.6 Å². The Kier molecular flexibility index (Phi) is 12.3. The topological polar surface area (TPSA) is 143 Å². The Bertz CT molecular complexity index is 1410. The van der Waals surface area contributed by atoms with Crippen molar-refractivity contribution in [1.82, 2.24) is 39.5 Å². The number of carbonyl (C=O) groups is 1. The van der Waals surface area contributed by atoms with Gasteiger partial charge in [-0.15, -0.1) is 0 Å². The predicted octanol–water partition coefficient (Wildman–Crippen LogP) is -0.170. The van der Waals surface area contributed by atoms with Crippen molar-refractivity contribution in [3.63, 3.8) is 0 Å². The lowest BCUT2D eigenvalue weighted by Gasteiger charge is -2.36. The molecule has 5 rings (SSSR count). The summed E-state index contributed by atoms with van der Waals surface area (Å²) in [5, 5.41) is 1.94. The molecule has 0 N–H and O–H groups in total. The van der Waals surface area contributed by atoms with E-state index in [4.69, 9.17) is 39.0 Å². The maximum atomic E-state index is 13.0. The molecule has 258 valence electrons. The maximum absolute atomic E-state index is 13.0. The average molecular weight is 657 g/mol. The maximum Gasteiger partial charge on any atom is 0.241 e. The zero-order valence-electron chi connectivity index (χ0n) is 28.2. The van der Waals surface area contributed by atoms with Crippen molar-refractivity contribution in [3.05, 3.63) is 18.7 Å². The van der Waals surface area contributed by atoms with E-state index in [2.05, 4.69) is 14.8 Å². The molecule has 47 heavy (non-hydrogen) atoms. The van der Waals surface area contributed by atoms with Crippen LogP contribution >= 0.6 is 0 Å². The molecule has 0 bridgehead atoms. The van der Waals surface area contributed by atoms with Crippen molar-refractivity contribution in [2.24, 2.45) is 0 Å². The van der Waals surface area contributed by atoms with Gasteiger partial charge in [-0.05, 0) is 0 Å². The van der Waals surface area contributed by atoms with Gasteiger partial charge in [0.2, 0.25) is 17.8 Å². The molecule has 2 fully saturated rings. The summed E-state index contributed by atoms with van der Waals surface area (Å²) in [5.74, 6) is 2.40. The van der Waals surface area contributed by atoms with Crippen LogP contribution in [0.2, 0.25) is 0 Å². The minimum absolute atomic E-state index is 0.0208. The zero-order valence-corrected chi connectivity index (χ0v) is 28.2. The molecular weight excluding hydrogens is 608 g/mol. The summed E-state index contributed by atoms with van der Waals surface area (Å²) in [6.45, 7) is 8.65. The number of rotatable bonds is 17. The minimum Gasteiger partial charge on any atom is -0.383 e. The van der Waals surface area contributed by atoms with Crippen molar-refractivity contribution < 1.29 is 23.8 Å². The molecule has 0 spiro atoms. The van der Waals surface area contributed by atoms with Gasteiger partial charge < -0.3 is 48.1 Å². The van der Waals surface area contributed by atoms with Crippen LogP contribution in [0.1, 0.15) is 0 Å². The van der Waals surface area contributed by atoms with E-state index < -0.39 is 0 Å². The minimum atomic E-state index is 0.0208. The van der Waals surface area contributed by atoms with Crippen LogP contribution in [0.3, 0.4) is 0 Å². The molecule has 17 heteroatoms. The zero-order chi connectivity index (χ0) is 33.2. The average Bonchev–Trinajstić information content (AvgIpc) is 3.62. The lowest BCUT2D eigenvalue weighted by molar-refractivity contribution is -0.133. The highest BCUT2D eigenvalue weighted by Gasteiger charge is 2.30. The normalized spacial score (nSPS) is 16.0. The molecule has 3 aromatic rings. The standard InChI is InChI=1S/C30H48N12O5/c1-36-8-10-41(22-24(36)43)28-26-25(32-30(35-28)40(17-20-45-3)18-21-46-4)27(38-12-14-42(47-5)15-13-38)34-29(33-26)39(16-19-44-2)11-9-37-7-6-31-23-37/h6-7,23H,8-22H2,1-5H3. The number of ether oxygens (including phenoxy) is 3. The molecule has 0 radical (unpaired) electrons. The van der Waals surface area contributed by atoms with Crippen LogP contribution in [-0.2, 0) is 30.4 Å². The molecule has 5 heterocycles. The second kappa shape index (κ2) is 16.8. The first kappa shape index (κ1) is 34.4. The van der Waals surface area contributed by atoms with Crippen molar-refractivity contribution >= 4 is 40.5 Å². The van der Waals surface area contributed by atoms with Gasteiger partial charge in [-0.2, -0.15) is 15.0 Å². The number of carbonyl (C=O) groups excluding carboxylic acids is 1. The smallest absolute Gasteiger partial charge is 0.241 e. The number of likely N-dealkylation sites (N-methyl/N-ethyl adjacent to an activating group) is 1. The monoisotopic (exact) mass is 656 g/mol. The third-order valence-corrected chi connectivity index (χ3v) is 8.49. The Morgan fingerprint density at radius 1 is 0.723 bits per heavy atom. The molecule has 0 saturated carbocycles. The van der Waals surface area contributed by atoms with Crippen LogP contribution in [0.4, 0.5) is 23.5 Å². The van der Waals surface area contributed by atoms with E-state index >= 15 is 0 Å². The quantitative estimate of drug-likeness (QED) is 0.190. The summed E-state index contributed by atoms with van der Waals surface area (Å²) in [4.78, 5) is 53.5. The second-order valence-corrected chi connectivity index (χ2v) is 11.5. The number of aromatic nitrogens is 6. The van der Waals surface area contributed by atoms with E-state index in [9.17, 15) is 4.79 Å². The van der Waals surface area contributed by atoms with Crippen LogP contribution in [0, 0.1) is 0 Å². The number of amides is 1. The van der Waals surface area contributed by atoms with Gasteiger partial charge in [0.25, 0.3) is 0 Å². The fourth-order valence-corrected chi connectivity index (χ4v) is 5.59.